The van der Waals surface area contributed by atoms with Gasteiger partial charge in [0.2, 0.25) is 0 Å². The topological polar surface area (TPSA) is 32.7 Å². The maximum absolute atomic E-state index is 10.3. The number of aliphatic hydroxyl groups excluding tert-OH is 1. The molecule has 3 unspecified atom stereocenters. The third-order valence-corrected chi connectivity index (χ3v) is 4.95. The lowest BCUT2D eigenvalue weighted by molar-refractivity contribution is -0.198. The maximum Gasteiger partial charge on any atom is 0.155 e. The van der Waals surface area contributed by atoms with Gasteiger partial charge in [0.25, 0.3) is 0 Å². The first kappa shape index (κ1) is 17.2. The van der Waals surface area contributed by atoms with E-state index in [2.05, 4.69) is 67.5 Å². The van der Waals surface area contributed by atoms with Gasteiger partial charge in [-0.3, -0.25) is 0 Å². The summed E-state index contributed by atoms with van der Waals surface area (Å²) < 4.78 is 6.36. The fraction of sp³-hybridized carbons (Fsp3) is 0.429. The minimum Gasteiger partial charge on any atom is -0.368 e. The van der Waals surface area contributed by atoms with Crippen molar-refractivity contribution in [2.75, 3.05) is 20.6 Å². The molecule has 128 valence electrons. The summed E-state index contributed by atoms with van der Waals surface area (Å²) in [5.41, 5.74) is 3.26. The molecule has 0 amide bonds. The first-order valence-corrected chi connectivity index (χ1v) is 8.70. The molecule has 1 N–H and O–H groups in total. The molecular formula is C21H27NO2. The van der Waals surface area contributed by atoms with Gasteiger partial charge in [0.1, 0.15) is 5.60 Å². The highest BCUT2D eigenvalue weighted by Crippen LogP contribution is 2.50. The molecule has 1 aliphatic rings. The second-order valence-corrected chi connectivity index (χ2v) is 6.93. The lowest BCUT2D eigenvalue weighted by atomic mass is 9.81. The number of aliphatic hydroxyl groups is 1. The average molecular weight is 325 g/mol. The molecule has 0 fully saturated rings. The highest BCUT2D eigenvalue weighted by atomic mass is 16.6. The van der Waals surface area contributed by atoms with Crippen LogP contribution < -0.4 is 0 Å². The summed E-state index contributed by atoms with van der Waals surface area (Å²) in [4.78, 5) is 2.20. The van der Waals surface area contributed by atoms with Crippen molar-refractivity contribution in [3.8, 4) is 0 Å². The fourth-order valence-corrected chi connectivity index (χ4v) is 3.84. The van der Waals surface area contributed by atoms with Crippen LogP contribution in [0.15, 0.2) is 54.6 Å². The fourth-order valence-electron chi connectivity index (χ4n) is 3.84. The number of rotatable bonds is 6. The van der Waals surface area contributed by atoms with E-state index >= 15 is 0 Å². The van der Waals surface area contributed by atoms with Gasteiger partial charge in [0, 0.05) is 18.9 Å². The Morgan fingerprint density at radius 2 is 1.79 bits per heavy atom. The number of likely N-dealkylation sites (N-methyl/N-ethyl adjacent to an activating group) is 1. The first-order chi connectivity index (χ1) is 11.6. The molecule has 0 heterocycles. The summed E-state index contributed by atoms with van der Waals surface area (Å²) in [7, 11) is 4.18. The van der Waals surface area contributed by atoms with Crippen LogP contribution in [0.25, 0.3) is 0 Å². The van der Waals surface area contributed by atoms with Gasteiger partial charge in [0.05, 0.1) is 0 Å². The largest absolute Gasteiger partial charge is 0.368 e. The van der Waals surface area contributed by atoms with Gasteiger partial charge in [-0.05, 0) is 37.2 Å². The number of hydrogen-bond donors (Lipinski definition) is 1. The van der Waals surface area contributed by atoms with E-state index in [0.29, 0.717) is 6.42 Å². The Morgan fingerprint density at radius 1 is 1.12 bits per heavy atom. The standard InChI is InChI=1S/C21H27NO2/c1-4-20(23)24-21(17-11-6-5-7-12-17)14-16-10-8-9-13-18(16)19(21)15-22(2)3/h5-13,19-20,23H,4,14-15H2,1-3H3. The third-order valence-electron chi connectivity index (χ3n) is 4.95. The van der Waals surface area contributed by atoms with Crippen LogP contribution in [0.5, 0.6) is 0 Å². The van der Waals surface area contributed by atoms with Gasteiger partial charge in [0.15, 0.2) is 6.29 Å². The summed E-state index contributed by atoms with van der Waals surface area (Å²) in [6.07, 6.45) is 0.617. The van der Waals surface area contributed by atoms with Crippen LogP contribution in [0.2, 0.25) is 0 Å². The van der Waals surface area contributed by atoms with Crippen LogP contribution in [-0.2, 0) is 16.8 Å². The Bertz CT molecular complexity index is 671. The molecule has 0 bridgehead atoms. The highest BCUT2D eigenvalue weighted by molar-refractivity contribution is 5.44. The molecule has 0 aliphatic heterocycles. The van der Waals surface area contributed by atoms with Crippen molar-refractivity contribution in [2.45, 2.75) is 37.6 Å². The first-order valence-electron chi connectivity index (χ1n) is 8.70. The SMILES string of the molecule is CCC(O)OC1(c2ccccc2)Cc2ccccc2C1CN(C)C. The van der Waals surface area contributed by atoms with Crippen LogP contribution in [-0.4, -0.2) is 36.9 Å². The molecule has 1 aliphatic carbocycles. The molecule has 2 aromatic carbocycles. The van der Waals surface area contributed by atoms with Crippen molar-refractivity contribution in [1.82, 2.24) is 4.90 Å². The quantitative estimate of drug-likeness (QED) is 0.825. The summed E-state index contributed by atoms with van der Waals surface area (Å²) in [5.74, 6) is 0.187. The molecular weight excluding hydrogens is 298 g/mol. The normalized spacial score (nSPS) is 24.1. The smallest absolute Gasteiger partial charge is 0.155 e. The number of fused-ring (bicyclic) bond motifs is 1. The van der Waals surface area contributed by atoms with E-state index in [1.807, 2.05) is 13.0 Å². The molecule has 0 saturated heterocycles. The van der Waals surface area contributed by atoms with E-state index < -0.39 is 11.9 Å². The van der Waals surface area contributed by atoms with Gasteiger partial charge in [-0.2, -0.15) is 0 Å². The number of nitrogens with zero attached hydrogens (tertiary/aromatic N) is 1. The molecule has 2 aromatic rings. The predicted octanol–water partition coefficient (Wildman–Crippen LogP) is 3.53. The van der Waals surface area contributed by atoms with Gasteiger partial charge >= 0.3 is 0 Å². The van der Waals surface area contributed by atoms with Crippen molar-refractivity contribution in [1.29, 1.82) is 0 Å². The van der Waals surface area contributed by atoms with Gasteiger partial charge < -0.3 is 14.7 Å². The molecule has 3 nitrogen and oxygen atoms in total. The molecule has 0 aromatic heterocycles. The summed E-state index contributed by atoms with van der Waals surface area (Å²) in [6, 6.07) is 18.9. The minimum atomic E-state index is -0.760. The molecule has 3 atom stereocenters. The van der Waals surface area contributed by atoms with Crippen molar-refractivity contribution >= 4 is 0 Å². The molecule has 0 spiro atoms. The summed E-state index contributed by atoms with van der Waals surface area (Å²) in [6.45, 7) is 2.83. The summed E-state index contributed by atoms with van der Waals surface area (Å²) >= 11 is 0. The molecule has 0 radical (unpaired) electrons. The number of ether oxygens (including phenoxy) is 1. The van der Waals surface area contributed by atoms with Crippen LogP contribution in [0.1, 0.15) is 36.0 Å². The van der Waals surface area contributed by atoms with Crippen LogP contribution in [0, 0.1) is 0 Å². The van der Waals surface area contributed by atoms with Crippen molar-refractivity contribution in [3.63, 3.8) is 0 Å². The molecule has 24 heavy (non-hydrogen) atoms. The Kier molecular flexibility index (Phi) is 5.04. The molecule has 0 saturated carbocycles. The molecule has 3 heteroatoms. The number of hydrogen-bond acceptors (Lipinski definition) is 3. The Hall–Kier alpha value is -1.68. The third kappa shape index (κ3) is 3.12. The average Bonchev–Trinajstić information content (AvgIpc) is 2.89. The van der Waals surface area contributed by atoms with Gasteiger partial charge in [-0.1, -0.05) is 61.5 Å². The van der Waals surface area contributed by atoms with Crippen LogP contribution in [0.4, 0.5) is 0 Å². The van der Waals surface area contributed by atoms with Crippen LogP contribution in [0.3, 0.4) is 0 Å². The van der Waals surface area contributed by atoms with E-state index in [4.69, 9.17) is 4.74 Å². The minimum absolute atomic E-state index is 0.187. The second kappa shape index (κ2) is 7.06. The van der Waals surface area contributed by atoms with Gasteiger partial charge in [-0.25, -0.2) is 0 Å². The maximum atomic E-state index is 10.3. The van der Waals surface area contributed by atoms with Crippen molar-refractivity contribution < 1.29 is 9.84 Å². The molecule has 3 rings (SSSR count). The van der Waals surface area contributed by atoms with E-state index in [0.717, 1.165) is 18.5 Å². The Morgan fingerprint density at radius 3 is 2.46 bits per heavy atom. The zero-order valence-corrected chi connectivity index (χ0v) is 14.8. The summed E-state index contributed by atoms with van der Waals surface area (Å²) in [5, 5.41) is 10.3. The van der Waals surface area contributed by atoms with Crippen molar-refractivity contribution in [2.24, 2.45) is 0 Å². The van der Waals surface area contributed by atoms with E-state index in [1.54, 1.807) is 0 Å². The lowest BCUT2D eigenvalue weighted by Gasteiger charge is -2.39. The zero-order valence-electron chi connectivity index (χ0n) is 14.8. The van der Waals surface area contributed by atoms with E-state index in [-0.39, 0.29) is 5.92 Å². The Labute approximate surface area is 144 Å². The van der Waals surface area contributed by atoms with Crippen molar-refractivity contribution in [3.05, 3.63) is 71.3 Å². The van der Waals surface area contributed by atoms with Gasteiger partial charge in [-0.15, -0.1) is 0 Å². The zero-order chi connectivity index (χ0) is 17.2. The monoisotopic (exact) mass is 325 g/mol. The van der Waals surface area contributed by atoms with E-state index in [1.165, 1.54) is 11.1 Å². The highest BCUT2D eigenvalue weighted by Gasteiger charge is 2.49. The van der Waals surface area contributed by atoms with Crippen LogP contribution >= 0.6 is 0 Å². The number of benzene rings is 2. The lowest BCUT2D eigenvalue weighted by Crippen LogP contribution is -2.42. The Balaban J connectivity index is 2.12. The second-order valence-electron chi connectivity index (χ2n) is 6.93. The predicted molar refractivity (Wildman–Crippen MR) is 96.9 cm³/mol. The van der Waals surface area contributed by atoms with E-state index in [9.17, 15) is 5.11 Å².